The minimum absolute atomic E-state index is 0.459. The molecule has 0 saturated heterocycles. The second-order valence-electron chi connectivity index (χ2n) is 5.09. The van der Waals surface area contributed by atoms with Gasteiger partial charge in [-0.1, -0.05) is 45.0 Å². The zero-order valence-corrected chi connectivity index (χ0v) is 10.5. The normalized spacial score (nSPS) is 12.4. The van der Waals surface area contributed by atoms with Gasteiger partial charge in [-0.2, -0.15) is 5.26 Å². The molecule has 0 fully saturated rings. The van der Waals surface area contributed by atoms with E-state index in [1.165, 1.54) is 11.1 Å². The van der Waals surface area contributed by atoms with Crippen LogP contribution in [0.15, 0.2) is 24.3 Å². The Labute approximate surface area is 99.1 Å². The molecule has 0 aliphatic carbocycles. The predicted octanol–water partition coefficient (Wildman–Crippen LogP) is 3.98. The van der Waals surface area contributed by atoms with E-state index in [0.717, 1.165) is 12.8 Å². The molecule has 0 aliphatic heterocycles. The van der Waals surface area contributed by atoms with Crippen LogP contribution in [0.3, 0.4) is 0 Å². The molecule has 0 amide bonds. The smallest absolute Gasteiger partial charge is 0.0624 e. The van der Waals surface area contributed by atoms with Crippen LogP contribution in [0.25, 0.3) is 0 Å². The van der Waals surface area contributed by atoms with E-state index >= 15 is 0 Å². The molecule has 0 saturated carbocycles. The van der Waals surface area contributed by atoms with Crippen molar-refractivity contribution in [2.24, 2.45) is 11.8 Å². The first-order valence-corrected chi connectivity index (χ1v) is 6.06. The fraction of sp³-hybridized carbons (Fsp3) is 0.533. The van der Waals surface area contributed by atoms with Crippen LogP contribution < -0.4 is 0 Å². The molecule has 0 bridgehead atoms. The van der Waals surface area contributed by atoms with Gasteiger partial charge in [0.25, 0.3) is 0 Å². The van der Waals surface area contributed by atoms with Crippen molar-refractivity contribution in [2.45, 2.75) is 40.0 Å². The molecule has 1 rings (SSSR count). The largest absolute Gasteiger partial charge is 0.198 e. The first-order chi connectivity index (χ1) is 7.61. The molecule has 1 aromatic carbocycles. The monoisotopic (exact) mass is 215 g/mol. The van der Waals surface area contributed by atoms with E-state index in [4.69, 9.17) is 5.26 Å². The lowest BCUT2D eigenvalue weighted by Gasteiger charge is -2.09. The number of benzene rings is 1. The Morgan fingerprint density at radius 2 is 1.50 bits per heavy atom. The summed E-state index contributed by atoms with van der Waals surface area (Å²) in [6.45, 7) is 6.61. The first-order valence-electron chi connectivity index (χ1n) is 6.06. The lowest BCUT2D eigenvalue weighted by atomic mass is 9.96. The summed E-state index contributed by atoms with van der Waals surface area (Å²) in [4.78, 5) is 0. The van der Waals surface area contributed by atoms with Gasteiger partial charge in [0.1, 0.15) is 0 Å². The molecule has 1 unspecified atom stereocenters. The van der Waals surface area contributed by atoms with Crippen molar-refractivity contribution in [1.29, 1.82) is 5.26 Å². The highest BCUT2D eigenvalue weighted by atomic mass is 14.2. The van der Waals surface area contributed by atoms with E-state index in [1.54, 1.807) is 0 Å². The number of hydrogen-bond acceptors (Lipinski definition) is 1. The number of hydrogen-bond donors (Lipinski definition) is 0. The third-order valence-electron chi connectivity index (χ3n) is 2.69. The molecule has 1 nitrogen and oxygen atoms in total. The summed E-state index contributed by atoms with van der Waals surface area (Å²) in [6, 6.07) is 11.1. The first kappa shape index (κ1) is 12.8. The topological polar surface area (TPSA) is 23.8 Å². The van der Waals surface area contributed by atoms with Crippen LogP contribution in [0.2, 0.25) is 0 Å². The lowest BCUT2D eigenvalue weighted by Crippen LogP contribution is -1.99. The van der Waals surface area contributed by atoms with Crippen LogP contribution in [0.1, 0.15) is 38.3 Å². The summed E-state index contributed by atoms with van der Waals surface area (Å²) in [5.74, 6) is 1.17. The van der Waals surface area contributed by atoms with Crippen LogP contribution in [0, 0.1) is 23.2 Å². The maximum atomic E-state index is 8.61. The maximum Gasteiger partial charge on any atom is 0.0624 e. The lowest BCUT2D eigenvalue weighted by molar-refractivity contribution is 0.595. The van der Waals surface area contributed by atoms with Crippen molar-refractivity contribution in [3.8, 4) is 6.07 Å². The maximum absolute atomic E-state index is 8.61. The van der Waals surface area contributed by atoms with Gasteiger partial charge in [0, 0.05) is 6.42 Å². The average Bonchev–Trinajstić information content (AvgIpc) is 2.20. The summed E-state index contributed by atoms with van der Waals surface area (Å²) in [5.41, 5.74) is 2.75. The Bertz CT molecular complexity index is 343. The van der Waals surface area contributed by atoms with E-state index in [-0.39, 0.29) is 0 Å². The molecule has 1 heteroatoms. The molecule has 0 heterocycles. The van der Waals surface area contributed by atoms with E-state index in [0.29, 0.717) is 18.3 Å². The highest BCUT2D eigenvalue weighted by molar-refractivity contribution is 5.23. The molecular formula is C15H21N. The third kappa shape index (κ3) is 4.49. The van der Waals surface area contributed by atoms with Crippen molar-refractivity contribution in [1.82, 2.24) is 0 Å². The SMILES string of the molecule is CC(C)Cc1ccc(CC(C)CC#N)cc1. The highest BCUT2D eigenvalue weighted by Crippen LogP contribution is 2.14. The van der Waals surface area contributed by atoms with Gasteiger partial charge in [-0.25, -0.2) is 0 Å². The number of nitriles is 1. The number of nitrogens with zero attached hydrogens (tertiary/aromatic N) is 1. The van der Waals surface area contributed by atoms with E-state index in [9.17, 15) is 0 Å². The highest BCUT2D eigenvalue weighted by Gasteiger charge is 2.03. The van der Waals surface area contributed by atoms with Crippen LogP contribution >= 0.6 is 0 Å². The molecule has 0 spiro atoms. The molecular weight excluding hydrogens is 194 g/mol. The summed E-state index contributed by atoms with van der Waals surface area (Å²) in [6.07, 6.45) is 2.80. The quantitative estimate of drug-likeness (QED) is 0.729. The molecule has 1 atom stereocenters. The molecule has 0 N–H and O–H groups in total. The van der Waals surface area contributed by atoms with Gasteiger partial charge in [0.2, 0.25) is 0 Å². The molecule has 1 aromatic rings. The second kappa shape index (κ2) is 6.33. The van der Waals surface area contributed by atoms with Gasteiger partial charge in [0.15, 0.2) is 0 Å². The molecule has 86 valence electrons. The molecule has 0 aliphatic rings. The van der Waals surface area contributed by atoms with Gasteiger partial charge in [-0.15, -0.1) is 0 Å². The van der Waals surface area contributed by atoms with Gasteiger partial charge >= 0.3 is 0 Å². The number of rotatable bonds is 5. The Balaban J connectivity index is 2.55. The summed E-state index contributed by atoms with van der Waals surface area (Å²) in [5, 5.41) is 8.61. The third-order valence-corrected chi connectivity index (χ3v) is 2.69. The Hall–Kier alpha value is -1.29. The fourth-order valence-corrected chi connectivity index (χ4v) is 1.91. The Morgan fingerprint density at radius 3 is 1.94 bits per heavy atom. The zero-order chi connectivity index (χ0) is 12.0. The zero-order valence-electron chi connectivity index (χ0n) is 10.5. The van der Waals surface area contributed by atoms with Gasteiger partial charge in [-0.05, 0) is 35.8 Å². The van der Waals surface area contributed by atoms with Crippen molar-refractivity contribution < 1.29 is 0 Å². The Morgan fingerprint density at radius 1 is 1.00 bits per heavy atom. The summed E-state index contributed by atoms with van der Waals surface area (Å²) < 4.78 is 0. The minimum Gasteiger partial charge on any atom is -0.198 e. The van der Waals surface area contributed by atoms with Crippen molar-refractivity contribution >= 4 is 0 Å². The summed E-state index contributed by atoms with van der Waals surface area (Å²) >= 11 is 0. The van der Waals surface area contributed by atoms with Crippen molar-refractivity contribution in [3.63, 3.8) is 0 Å². The fourth-order valence-electron chi connectivity index (χ4n) is 1.91. The van der Waals surface area contributed by atoms with Crippen LogP contribution in [-0.4, -0.2) is 0 Å². The minimum atomic E-state index is 0.459. The van der Waals surface area contributed by atoms with Crippen molar-refractivity contribution in [2.75, 3.05) is 0 Å². The second-order valence-corrected chi connectivity index (χ2v) is 5.09. The summed E-state index contributed by atoms with van der Waals surface area (Å²) in [7, 11) is 0. The van der Waals surface area contributed by atoms with Crippen LogP contribution in [-0.2, 0) is 12.8 Å². The predicted molar refractivity (Wildman–Crippen MR) is 68.1 cm³/mol. The molecule has 0 radical (unpaired) electrons. The standard InChI is InChI=1S/C15H21N/c1-12(2)10-14-4-6-15(7-5-14)11-13(3)8-9-16/h4-7,12-13H,8,10-11H2,1-3H3. The van der Waals surface area contributed by atoms with Gasteiger partial charge in [0.05, 0.1) is 6.07 Å². The molecule has 16 heavy (non-hydrogen) atoms. The van der Waals surface area contributed by atoms with E-state index in [1.807, 2.05) is 0 Å². The Kier molecular flexibility index (Phi) is 5.05. The van der Waals surface area contributed by atoms with Crippen LogP contribution in [0.5, 0.6) is 0 Å². The van der Waals surface area contributed by atoms with E-state index in [2.05, 4.69) is 51.1 Å². The van der Waals surface area contributed by atoms with E-state index < -0.39 is 0 Å². The molecule has 0 aromatic heterocycles. The van der Waals surface area contributed by atoms with Gasteiger partial charge < -0.3 is 0 Å². The average molecular weight is 215 g/mol. The van der Waals surface area contributed by atoms with Gasteiger partial charge in [-0.3, -0.25) is 0 Å². The van der Waals surface area contributed by atoms with Crippen LogP contribution in [0.4, 0.5) is 0 Å². The van der Waals surface area contributed by atoms with Crippen molar-refractivity contribution in [3.05, 3.63) is 35.4 Å².